The number of pyridine rings is 1. The SMILES string of the molecule is CC1CCC(C)N2CN1C(=O)c1c(O)c(=O)c(C(=O)NCc3ccc(F)cc3F)cn12. The van der Waals surface area contributed by atoms with E-state index < -0.39 is 34.6 Å². The zero-order valence-electron chi connectivity index (χ0n) is 17.1. The molecule has 0 radical (unpaired) electrons. The second-order valence-electron chi connectivity index (χ2n) is 7.96. The number of halogens is 2. The Morgan fingerprint density at radius 2 is 1.90 bits per heavy atom. The van der Waals surface area contributed by atoms with Gasteiger partial charge < -0.3 is 15.3 Å². The van der Waals surface area contributed by atoms with Crippen LogP contribution in [-0.4, -0.2) is 45.2 Å². The molecule has 2 atom stereocenters. The molecule has 2 amide bonds. The highest BCUT2D eigenvalue weighted by Gasteiger charge is 2.39. The maximum atomic E-state index is 13.8. The topological polar surface area (TPSA) is 94.9 Å². The molecule has 2 unspecified atom stereocenters. The molecule has 3 heterocycles. The van der Waals surface area contributed by atoms with E-state index in [1.54, 1.807) is 4.90 Å². The molecule has 1 saturated heterocycles. The Labute approximate surface area is 176 Å². The molecule has 0 spiro atoms. The molecule has 4 rings (SSSR count). The predicted octanol–water partition coefficient (Wildman–Crippen LogP) is 1.68. The average Bonchev–Trinajstić information content (AvgIpc) is 2.85. The summed E-state index contributed by atoms with van der Waals surface area (Å²) >= 11 is 0. The fourth-order valence-electron chi connectivity index (χ4n) is 3.99. The molecule has 164 valence electrons. The van der Waals surface area contributed by atoms with Crippen LogP contribution in [0.3, 0.4) is 0 Å². The minimum absolute atomic E-state index is 0.00887. The molecule has 2 aromatic rings. The number of rotatable bonds is 3. The lowest BCUT2D eigenvalue weighted by molar-refractivity contribution is 0.0627. The number of hydrogen-bond donors (Lipinski definition) is 2. The second-order valence-corrected chi connectivity index (χ2v) is 7.96. The predicted molar refractivity (Wildman–Crippen MR) is 107 cm³/mol. The van der Waals surface area contributed by atoms with Crippen LogP contribution >= 0.6 is 0 Å². The van der Waals surface area contributed by atoms with Gasteiger partial charge in [-0.05, 0) is 32.8 Å². The number of carbonyl (C=O) groups is 2. The van der Waals surface area contributed by atoms with Gasteiger partial charge in [-0.15, -0.1) is 0 Å². The van der Waals surface area contributed by atoms with Gasteiger partial charge in [-0.3, -0.25) is 24.1 Å². The Kier molecular flexibility index (Phi) is 5.16. The van der Waals surface area contributed by atoms with Crippen LogP contribution in [0.15, 0.2) is 29.2 Å². The molecule has 0 saturated carbocycles. The maximum Gasteiger partial charge on any atom is 0.278 e. The minimum Gasteiger partial charge on any atom is -0.502 e. The quantitative estimate of drug-likeness (QED) is 0.770. The monoisotopic (exact) mass is 432 g/mol. The number of fused-ring (bicyclic) bond motifs is 4. The molecular formula is C21H22F2N4O4. The fourth-order valence-corrected chi connectivity index (χ4v) is 3.99. The number of aromatic hydroxyl groups is 1. The Balaban J connectivity index is 1.69. The van der Waals surface area contributed by atoms with Gasteiger partial charge in [0.05, 0.1) is 0 Å². The van der Waals surface area contributed by atoms with Crippen LogP contribution in [0.1, 0.15) is 53.1 Å². The molecule has 1 aromatic heterocycles. The van der Waals surface area contributed by atoms with Gasteiger partial charge in [-0.25, -0.2) is 8.78 Å². The second kappa shape index (κ2) is 7.68. The smallest absolute Gasteiger partial charge is 0.278 e. The van der Waals surface area contributed by atoms with E-state index in [1.165, 1.54) is 16.9 Å². The largest absolute Gasteiger partial charge is 0.502 e. The molecule has 2 N–H and O–H groups in total. The Morgan fingerprint density at radius 1 is 1.19 bits per heavy atom. The normalized spacial score (nSPS) is 20.3. The zero-order chi connectivity index (χ0) is 22.4. The first kappa shape index (κ1) is 20.8. The van der Waals surface area contributed by atoms with Gasteiger partial charge in [0.2, 0.25) is 5.43 Å². The van der Waals surface area contributed by atoms with Gasteiger partial charge in [0.15, 0.2) is 11.4 Å². The zero-order valence-corrected chi connectivity index (χ0v) is 17.1. The summed E-state index contributed by atoms with van der Waals surface area (Å²) in [5, 5.41) is 14.8. The maximum absolute atomic E-state index is 13.8. The first-order chi connectivity index (χ1) is 14.7. The lowest BCUT2D eigenvalue weighted by atomic mass is 10.1. The average molecular weight is 432 g/mol. The van der Waals surface area contributed by atoms with Crippen molar-refractivity contribution in [2.45, 2.75) is 45.3 Å². The van der Waals surface area contributed by atoms with Crippen LogP contribution in [0, 0.1) is 11.6 Å². The number of nitrogens with zero attached hydrogens (tertiary/aromatic N) is 3. The molecule has 8 nitrogen and oxygen atoms in total. The van der Waals surface area contributed by atoms with Crippen molar-refractivity contribution < 1.29 is 23.5 Å². The van der Waals surface area contributed by atoms with Crippen molar-refractivity contribution in [1.82, 2.24) is 14.9 Å². The van der Waals surface area contributed by atoms with Gasteiger partial charge in [0.25, 0.3) is 11.8 Å². The van der Waals surface area contributed by atoms with Crippen LogP contribution in [0.5, 0.6) is 5.75 Å². The van der Waals surface area contributed by atoms with Crippen LogP contribution in [0.25, 0.3) is 0 Å². The molecule has 1 fully saturated rings. The Hall–Kier alpha value is -3.43. The molecule has 31 heavy (non-hydrogen) atoms. The van der Waals surface area contributed by atoms with E-state index in [-0.39, 0.29) is 42.1 Å². The van der Waals surface area contributed by atoms with Crippen molar-refractivity contribution in [3.63, 3.8) is 0 Å². The van der Waals surface area contributed by atoms with Crippen LogP contribution in [0.4, 0.5) is 8.78 Å². The third kappa shape index (κ3) is 3.51. The van der Waals surface area contributed by atoms with Crippen LogP contribution < -0.4 is 15.8 Å². The number of hydrogen-bond acceptors (Lipinski definition) is 5. The lowest BCUT2D eigenvalue weighted by Crippen LogP contribution is -2.57. The highest BCUT2D eigenvalue weighted by atomic mass is 19.1. The third-order valence-electron chi connectivity index (χ3n) is 5.94. The number of benzene rings is 1. The highest BCUT2D eigenvalue weighted by molar-refractivity contribution is 5.99. The summed E-state index contributed by atoms with van der Waals surface area (Å²) in [6.07, 6.45) is 2.78. The van der Waals surface area contributed by atoms with Crippen LogP contribution in [0.2, 0.25) is 0 Å². The molecule has 2 bridgehead atoms. The summed E-state index contributed by atoms with van der Waals surface area (Å²) < 4.78 is 28.2. The standard InChI is InChI=1S/C21H22F2N4O4/c1-11-3-4-12(2)27-10-25(11)21(31)17-19(29)18(28)15(9-26(17)27)20(30)24-8-13-5-6-14(22)7-16(13)23/h5-7,9,11-12,29H,3-4,8,10H2,1-2H3,(H,24,30). The number of aromatic nitrogens is 1. The van der Waals surface area contributed by atoms with Gasteiger partial charge in [-0.1, -0.05) is 6.07 Å². The van der Waals surface area contributed by atoms with E-state index in [2.05, 4.69) is 5.32 Å². The molecular weight excluding hydrogens is 410 g/mol. The fraction of sp³-hybridized carbons (Fsp3) is 0.381. The van der Waals surface area contributed by atoms with Gasteiger partial charge in [-0.2, -0.15) is 0 Å². The Morgan fingerprint density at radius 3 is 2.61 bits per heavy atom. The Bertz CT molecular complexity index is 1130. The molecule has 2 aliphatic heterocycles. The summed E-state index contributed by atoms with van der Waals surface area (Å²) in [7, 11) is 0. The summed E-state index contributed by atoms with van der Waals surface area (Å²) in [5.74, 6) is -3.70. The molecule has 1 aromatic carbocycles. The van der Waals surface area contributed by atoms with Gasteiger partial charge >= 0.3 is 0 Å². The van der Waals surface area contributed by atoms with Crippen molar-refractivity contribution in [3.05, 3.63) is 63.1 Å². The molecule has 0 aliphatic carbocycles. The van der Waals surface area contributed by atoms with E-state index in [4.69, 9.17) is 0 Å². The first-order valence-corrected chi connectivity index (χ1v) is 9.97. The van der Waals surface area contributed by atoms with E-state index >= 15 is 0 Å². The van der Waals surface area contributed by atoms with Gasteiger partial charge in [0.1, 0.15) is 23.9 Å². The summed E-state index contributed by atoms with van der Waals surface area (Å²) in [6, 6.07) is 2.88. The van der Waals surface area contributed by atoms with E-state index in [9.17, 15) is 28.3 Å². The van der Waals surface area contributed by atoms with Crippen molar-refractivity contribution >= 4 is 11.8 Å². The van der Waals surface area contributed by atoms with Crippen molar-refractivity contribution in [2.24, 2.45) is 0 Å². The third-order valence-corrected chi connectivity index (χ3v) is 5.94. The van der Waals surface area contributed by atoms with E-state index in [0.29, 0.717) is 6.07 Å². The first-order valence-electron chi connectivity index (χ1n) is 9.97. The number of nitrogens with one attached hydrogen (secondary N) is 1. The van der Waals surface area contributed by atoms with Gasteiger partial charge in [0, 0.05) is 36.5 Å². The number of carbonyl (C=O) groups excluding carboxylic acids is 2. The summed E-state index contributed by atoms with van der Waals surface area (Å²) in [4.78, 5) is 39.9. The summed E-state index contributed by atoms with van der Waals surface area (Å²) in [5.41, 5.74) is -1.51. The number of amides is 2. The van der Waals surface area contributed by atoms with E-state index in [0.717, 1.165) is 18.9 Å². The summed E-state index contributed by atoms with van der Waals surface area (Å²) in [6.45, 7) is 3.85. The van der Waals surface area contributed by atoms with Crippen molar-refractivity contribution in [3.8, 4) is 5.75 Å². The highest BCUT2D eigenvalue weighted by Crippen LogP contribution is 2.28. The molecule has 10 heteroatoms. The van der Waals surface area contributed by atoms with Crippen molar-refractivity contribution in [2.75, 3.05) is 11.7 Å². The van der Waals surface area contributed by atoms with E-state index in [1.807, 2.05) is 18.9 Å². The lowest BCUT2D eigenvalue weighted by Gasteiger charge is -2.41. The minimum atomic E-state index is -0.988. The molecule has 2 aliphatic rings. The van der Waals surface area contributed by atoms with Crippen molar-refractivity contribution in [1.29, 1.82) is 0 Å². The van der Waals surface area contributed by atoms with Crippen LogP contribution in [-0.2, 0) is 6.54 Å².